The molecule has 1 unspecified atom stereocenters. The first-order chi connectivity index (χ1) is 21.4. The van der Waals surface area contributed by atoms with Crippen molar-refractivity contribution >= 4 is 18.2 Å². The van der Waals surface area contributed by atoms with E-state index in [1.54, 1.807) is 24.5 Å². The summed E-state index contributed by atoms with van der Waals surface area (Å²) in [6.45, 7) is 9.64. The van der Waals surface area contributed by atoms with E-state index in [9.17, 15) is 14.4 Å². The second-order valence-electron chi connectivity index (χ2n) is 9.44. The number of carbonyl (C=O) groups is 3. The zero-order chi connectivity index (χ0) is 33.0. The van der Waals surface area contributed by atoms with Gasteiger partial charge >= 0.3 is 11.9 Å². The number of carbonyl (C=O) groups excluding carboxylic acids is 3. The van der Waals surface area contributed by atoms with Gasteiger partial charge in [-0.15, -0.1) is 0 Å². The molecule has 0 spiro atoms. The van der Waals surface area contributed by atoms with Crippen molar-refractivity contribution in [3.63, 3.8) is 0 Å². The molecule has 0 saturated carbocycles. The molecule has 0 fully saturated rings. The standard InChI is InChI=1S/C21H27NO2.C10H11NO3.C2H8N2.C2H6.Pt/c1-4-24-21(23)16(2)14-20(22-3)15-17-10-12-19(13-11-17)18-8-6-5-7-9-18;12-7-1-2-10(13)14-8-9-3-5-11-6-4-9;3-1-2-4;1-2;/h5-13,16,20,22H,4,14-15H2,1-3H3;3-7H,1-2,8H2;1-4H2;1-2H3;/t16?,20-;;;;/m0..../s1. The van der Waals surface area contributed by atoms with E-state index in [-0.39, 0.29) is 64.4 Å². The first-order valence-corrected chi connectivity index (χ1v) is 15.2. The average Bonchev–Trinajstić information content (AvgIpc) is 3.08. The Morgan fingerprint density at radius 3 is 1.98 bits per heavy atom. The van der Waals surface area contributed by atoms with Gasteiger partial charge in [-0.1, -0.05) is 75.4 Å². The van der Waals surface area contributed by atoms with Crippen molar-refractivity contribution in [2.45, 2.75) is 66.0 Å². The first-order valence-electron chi connectivity index (χ1n) is 15.2. The Labute approximate surface area is 284 Å². The van der Waals surface area contributed by atoms with Gasteiger partial charge in [-0.25, -0.2) is 0 Å². The van der Waals surface area contributed by atoms with Gasteiger partial charge < -0.3 is 31.1 Å². The molecule has 0 radical (unpaired) electrons. The first kappa shape index (κ1) is 43.9. The van der Waals surface area contributed by atoms with E-state index in [1.807, 2.05) is 40.8 Å². The van der Waals surface area contributed by atoms with Gasteiger partial charge in [0.25, 0.3) is 0 Å². The number of aromatic nitrogens is 1. The number of nitrogens with zero attached hydrogens (tertiary/aromatic N) is 1. The summed E-state index contributed by atoms with van der Waals surface area (Å²) in [6, 6.07) is 22.8. The molecule has 252 valence electrons. The van der Waals surface area contributed by atoms with Gasteiger partial charge in [-0.2, -0.15) is 0 Å². The maximum Gasteiger partial charge on any atom is 0.308 e. The predicted molar refractivity (Wildman–Crippen MR) is 178 cm³/mol. The van der Waals surface area contributed by atoms with Gasteiger partial charge in [0.2, 0.25) is 0 Å². The van der Waals surface area contributed by atoms with Crippen LogP contribution >= 0.6 is 0 Å². The zero-order valence-corrected chi connectivity index (χ0v) is 29.6. The molecular formula is C35H52N4O5Pt. The molecular weight excluding hydrogens is 751 g/mol. The van der Waals surface area contributed by atoms with Crippen LogP contribution in [0.5, 0.6) is 0 Å². The molecule has 1 heterocycles. The Morgan fingerprint density at radius 1 is 0.889 bits per heavy atom. The van der Waals surface area contributed by atoms with E-state index >= 15 is 0 Å². The fourth-order valence-electron chi connectivity index (χ4n) is 3.75. The topological polar surface area (TPSA) is 147 Å². The Morgan fingerprint density at radius 2 is 1.47 bits per heavy atom. The summed E-state index contributed by atoms with van der Waals surface area (Å²) in [5, 5.41) is 3.32. The minimum atomic E-state index is -0.353. The smallest absolute Gasteiger partial charge is 0.308 e. The third-order valence-corrected chi connectivity index (χ3v) is 6.06. The average molecular weight is 804 g/mol. The van der Waals surface area contributed by atoms with Crippen LogP contribution in [0.3, 0.4) is 0 Å². The molecule has 0 aliphatic rings. The van der Waals surface area contributed by atoms with Crippen molar-refractivity contribution < 1.29 is 44.9 Å². The van der Waals surface area contributed by atoms with Gasteiger partial charge in [0, 0.05) is 59.0 Å². The second-order valence-corrected chi connectivity index (χ2v) is 9.44. The Hall–Kier alpha value is -3.23. The number of benzene rings is 2. The molecule has 0 aliphatic heterocycles. The van der Waals surface area contributed by atoms with Crippen molar-refractivity contribution in [3.8, 4) is 11.1 Å². The summed E-state index contributed by atoms with van der Waals surface area (Å²) in [7, 11) is 1.95. The van der Waals surface area contributed by atoms with Gasteiger partial charge in [-0.05, 0) is 61.2 Å². The quantitative estimate of drug-likeness (QED) is 0.150. The minimum Gasteiger partial charge on any atom is -0.466 e. The monoisotopic (exact) mass is 803 g/mol. The minimum absolute atomic E-state index is 0. The maximum atomic E-state index is 11.8. The van der Waals surface area contributed by atoms with Crippen LogP contribution in [0.25, 0.3) is 11.1 Å². The van der Waals surface area contributed by atoms with Crippen LogP contribution < -0.4 is 16.8 Å². The molecule has 10 heteroatoms. The Balaban J connectivity index is 0. The molecule has 0 aliphatic carbocycles. The van der Waals surface area contributed by atoms with E-state index < -0.39 is 0 Å². The Bertz CT molecular complexity index is 1130. The summed E-state index contributed by atoms with van der Waals surface area (Å²) in [5.74, 6) is -0.558. The van der Waals surface area contributed by atoms with Gasteiger partial charge in [0.15, 0.2) is 0 Å². The molecule has 2 atom stereocenters. The Kier molecular flexibility index (Phi) is 28.8. The van der Waals surface area contributed by atoms with Crippen LogP contribution in [-0.4, -0.2) is 56.0 Å². The molecule has 0 amide bonds. The van der Waals surface area contributed by atoms with Crippen molar-refractivity contribution in [2.75, 3.05) is 26.7 Å². The molecule has 0 saturated heterocycles. The van der Waals surface area contributed by atoms with E-state index in [1.165, 1.54) is 16.7 Å². The molecule has 3 aromatic rings. The summed E-state index contributed by atoms with van der Waals surface area (Å²) in [5.41, 5.74) is 14.4. The van der Waals surface area contributed by atoms with Crippen LogP contribution in [0.2, 0.25) is 0 Å². The number of nitrogens with two attached hydrogens (primary N) is 2. The number of hydrogen-bond donors (Lipinski definition) is 3. The third kappa shape index (κ3) is 21.2. The number of ether oxygens (including phenoxy) is 2. The summed E-state index contributed by atoms with van der Waals surface area (Å²) in [6.07, 6.45) is 6.01. The fraction of sp³-hybridized carbons (Fsp3) is 0.429. The number of pyridine rings is 1. The number of hydrogen-bond acceptors (Lipinski definition) is 9. The number of rotatable bonds is 14. The van der Waals surface area contributed by atoms with Crippen LogP contribution in [0.4, 0.5) is 0 Å². The van der Waals surface area contributed by atoms with Gasteiger partial charge in [0.1, 0.15) is 12.9 Å². The number of esters is 2. The molecule has 3 rings (SSSR count). The maximum absolute atomic E-state index is 11.8. The predicted octanol–water partition coefficient (Wildman–Crippen LogP) is 5.10. The van der Waals surface area contributed by atoms with Crippen LogP contribution in [-0.2, 0) is 58.0 Å². The van der Waals surface area contributed by atoms with Crippen LogP contribution in [0.15, 0.2) is 79.1 Å². The van der Waals surface area contributed by atoms with Crippen molar-refractivity contribution in [1.29, 1.82) is 0 Å². The summed E-state index contributed by atoms with van der Waals surface area (Å²) in [4.78, 5) is 36.6. The molecule has 0 bridgehead atoms. The van der Waals surface area contributed by atoms with Crippen LogP contribution in [0, 0.1) is 5.92 Å². The number of likely N-dealkylation sites (N-methyl/N-ethyl adjacent to an activating group) is 1. The molecule has 5 N–H and O–H groups in total. The molecule has 2 aromatic carbocycles. The third-order valence-electron chi connectivity index (χ3n) is 6.06. The van der Waals surface area contributed by atoms with Crippen LogP contribution in [0.1, 0.15) is 58.1 Å². The fourth-order valence-corrected chi connectivity index (χ4v) is 3.75. The summed E-state index contributed by atoms with van der Waals surface area (Å²) >= 11 is 0. The van der Waals surface area contributed by atoms with E-state index in [0.717, 1.165) is 18.4 Å². The summed E-state index contributed by atoms with van der Waals surface area (Å²) < 4.78 is 10.0. The second kappa shape index (κ2) is 29.5. The van der Waals surface area contributed by atoms with Gasteiger partial charge in [0.05, 0.1) is 18.9 Å². The number of aldehydes is 1. The zero-order valence-electron chi connectivity index (χ0n) is 27.4. The van der Waals surface area contributed by atoms with E-state index in [2.05, 4.69) is 58.8 Å². The molecule has 45 heavy (non-hydrogen) atoms. The van der Waals surface area contributed by atoms with E-state index in [0.29, 0.717) is 26.0 Å². The number of nitrogens with one attached hydrogen (secondary N) is 1. The molecule has 1 aromatic heterocycles. The largest absolute Gasteiger partial charge is 0.466 e. The van der Waals surface area contributed by atoms with Crippen molar-refractivity contribution in [2.24, 2.45) is 17.4 Å². The van der Waals surface area contributed by atoms with Gasteiger partial charge in [-0.3, -0.25) is 14.6 Å². The normalized spacial score (nSPS) is 10.8. The van der Waals surface area contributed by atoms with Crippen molar-refractivity contribution in [3.05, 3.63) is 90.3 Å². The van der Waals surface area contributed by atoms with Crippen molar-refractivity contribution in [1.82, 2.24) is 10.3 Å². The molecule has 9 nitrogen and oxygen atoms in total. The van der Waals surface area contributed by atoms with E-state index in [4.69, 9.17) is 20.9 Å². The SMILES string of the molecule is CC.CCOC(=O)C(C)C[C@@H](Cc1ccc(-c2ccccc2)cc1)NC.NCCN.O=CCCC(=O)OCc1ccncc1.[Pt].